The highest BCUT2D eigenvalue weighted by molar-refractivity contribution is 5.85. The van der Waals surface area contributed by atoms with Gasteiger partial charge in [0.1, 0.15) is 0 Å². The Balaban J connectivity index is 0.00000196. The number of H-pyrrole nitrogens is 1. The van der Waals surface area contributed by atoms with E-state index in [0.717, 1.165) is 11.4 Å². The number of carbonyl (C=O) groups is 1. The number of aromatic amines is 1. The van der Waals surface area contributed by atoms with Gasteiger partial charge in [-0.25, -0.2) is 0 Å². The maximum absolute atomic E-state index is 11.4. The van der Waals surface area contributed by atoms with E-state index < -0.39 is 5.54 Å². The molecule has 5 nitrogen and oxygen atoms in total. The van der Waals surface area contributed by atoms with Crippen LogP contribution in [0, 0.1) is 6.92 Å². The third-order valence-electron chi connectivity index (χ3n) is 1.77. The summed E-state index contributed by atoms with van der Waals surface area (Å²) in [6, 6.07) is 1.88. The van der Waals surface area contributed by atoms with E-state index in [4.69, 9.17) is 5.73 Å². The molecule has 6 heteroatoms. The zero-order valence-electron chi connectivity index (χ0n) is 9.13. The summed E-state index contributed by atoms with van der Waals surface area (Å²) in [5.74, 6) is -0.182. The standard InChI is InChI=1S/C9H16N4O.ClH/c1-6-4-7(13-12-6)5-11-8(14)9(2,3)10;/h4H,5,10H2,1-3H3,(H,11,14)(H,12,13);1H. The number of nitrogens with two attached hydrogens (primary N) is 1. The van der Waals surface area contributed by atoms with Gasteiger partial charge in [-0.2, -0.15) is 5.10 Å². The Morgan fingerprint density at radius 3 is 2.67 bits per heavy atom. The van der Waals surface area contributed by atoms with Crippen LogP contribution in [-0.2, 0) is 11.3 Å². The summed E-state index contributed by atoms with van der Waals surface area (Å²) < 4.78 is 0. The smallest absolute Gasteiger partial charge is 0.239 e. The summed E-state index contributed by atoms with van der Waals surface area (Å²) in [4.78, 5) is 11.4. The second kappa shape index (κ2) is 5.14. The van der Waals surface area contributed by atoms with E-state index in [1.165, 1.54) is 0 Å². The Hall–Kier alpha value is -1.07. The maximum Gasteiger partial charge on any atom is 0.239 e. The van der Waals surface area contributed by atoms with Crippen molar-refractivity contribution in [3.63, 3.8) is 0 Å². The fraction of sp³-hybridized carbons (Fsp3) is 0.556. The van der Waals surface area contributed by atoms with Gasteiger partial charge in [-0.15, -0.1) is 12.4 Å². The van der Waals surface area contributed by atoms with Crippen molar-refractivity contribution in [2.45, 2.75) is 32.9 Å². The molecule has 1 rings (SSSR count). The highest BCUT2D eigenvalue weighted by Gasteiger charge is 2.21. The second-order valence-electron chi connectivity index (χ2n) is 3.95. The Morgan fingerprint density at radius 2 is 2.27 bits per heavy atom. The Kier molecular flexibility index (Phi) is 4.77. The topological polar surface area (TPSA) is 83.8 Å². The molecule has 0 unspecified atom stereocenters. The van der Waals surface area contributed by atoms with Crippen molar-refractivity contribution in [1.82, 2.24) is 15.5 Å². The first-order valence-electron chi connectivity index (χ1n) is 4.47. The van der Waals surface area contributed by atoms with E-state index in [2.05, 4.69) is 15.5 Å². The predicted octanol–water partition coefficient (Wildman–Crippen LogP) is 0.493. The molecule has 0 spiro atoms. The third kappa shape index (κ3) is 4.31. The minimum atomic E-state index is -0.842. The van der Waals surface area contributed by atoms with Gasteiger partial charge in [0.2, 0.25) is 5.91 Å². The number of amides is 1. The van der Waals surface area contributed by atoms with Crippen molar-refractivity contribution < 1.29 is 4.79 Å². The summed E-state index contributed by atoms with van der Waals surface area (Å²) in [6.45, 7) is 5.64. The molecule has 0 saturated carbocycles. The lowest BCUT2D eigenvalue weighted by Crippen LogP contribution is -2.48. The number of rotatable bonds is 3. The highest BCUT2D eigenvalue weighted by Crippen LogP contribution is 1.99. The van der Waals surface area contributed by atoms with Gasteiger partial charge >= 0.3 is 0 Å². The third-order valence-corrected chi connectivity index (χ3v) is 1.77. The minimum Gasteiger partial charge on any atom is -0.349 e. The lowest BCUT2D eigenvalue weighted by atomic mass is 10.1. The van der Waals surface area contributed by atoms with Gasteiger partial charge in [0.15, 0.2) is 0 Å². The highest BCUT2D eigenvalue weighted by atomic mass is 35.5. The zero-order chi connectivity index (χ0) is 10.8. The van der Waals surface area contributed by atoms with Gasteiger partial charge in [-0.05, 0) is 26.8 Å². The minimum absolute atomic E-state index is 0. The molecule has 0 atom stereocenters. The van der Waals surface area contributed by atoms with Gasteiger partial charge in [0, 0.05) is 5.69 Å². The first-order valence-corrected chi connectivity index (χ1v) is 4.47. The van der Waals surface area contributed by atoms with Gasteiger partial charge in [0.25, 0.3) is 0 Å². The number of aryl methyl sites for hydroxylation is 1. The summed E-state index contributed by atoms with van der Waals surface area (Å²) >= 11 is 0. The number of halogens is 1. The number of nitrogens with zero attached hydrogens (tertiary/aromatic N) is 1. The molecule has 1 amide bonds. The first kappa shape index (κ1) is 13.9. The van der Waals surface area contributed by atoms with Crippen LogP contribution in [0.1, 0.15) is 25.2 Å². The lowest BCUT2D eigenvalue weighted by molar-refractivity contribution is -0.125. The molecule has 15 heavy (non-hydrogen) atoms. The Morgan fingerprint density at radius 1 is 1.67 bits per heavy atom. The molecule has 86 valence electrons. The van der Waals surface area contributed by atoms with Crippen molar-refractivity contribution in [2.75, 3.05) is 0 Å². The summed E-state index contributed by atoms with van der Waals surface area (Å²) in [7, 11) is 0. The Bertz CT molecular complexity index is 329. The molecule has 0 aliphatic heterocycles. The zero-order valence-corrected chi connectivity index (χ0v) is 9.94. The van der Waals surface area contributed by atoms with Crippen LogP contribution in [0.25, 0.3) is 0 Å². The average Bonchev–Trinajstić information content (AvgIpc) is 2.45. The van der Waals surface area contributed by atoms with Crippen molar-refractivity contribution in [2.24, 2.45) is 5.73 Å². The molecule has 1 aromatic heterocycles. The van der Waals surface area contributed by atoms with E-state index in [-0.39, 0.29) is 18.3 Å². The largest absolute Gasteiger partial charge is 0.349 e. The number of carbonyl (C=O) groups excluding carboxylic acids is 1. The van der Waals surface area contributed by atoms with Gasteiger partial charge in [0.05, 0.1) is 17.8 Å². The molecule has 0 aliphatic rings. The molecule has 1 aromatic rings. The first-order chi connectivity index (χ1) is 6.39. The predicted molar refractivity (Wildman–Crippen MR) is 60.7 cm³/mol. The monoisotopic (exact) mass is 232 g/mol. The van der Waals surface area contributed by atoms with Crippen molar-refractivity contribution in [3.8, 4) is 0 Å². The van der Waals surface area contributed by atoms with Crippen LogP contribution in [-0.4, -0.2) is 21.6 Å². The molecule has 0 aromatic carbocycles. The van der Waals surface area contributed by atoms with Crippen LogP contribution < -0.4 is 11.1 Å². The van der Waals surface area contributed by atoms with E-state index in [1.807, 2.05) is 13.0 Å². The Labute approximate surface area is 95.2 Å². The van der Waals surface area contributed by atoms with Crippen LogP contribution in [0.2, 0.25) is 0 Å². The number of hydrogen-bond acceptors (Lipinski definition) is 3. The van der Waals surface area contributed by atoms with Crippen molar-refractivity contribution >= 4 is 18.3 Å². The van der Waals surface area contributed by atoms with Crippen LogP contribution >= 0.6 is 12.4 Å². The maximum atomic E-state index is 11.4. The molecule has 0 fully saturated rings. The summed E-state index contributed by atoms with van der Waals surface area (Å²) in [5.41, 5.74) is 6.55. The van der Waals surface area contributed by atoms with Crippen LogP contribution in [0.15, 0.2) is 6.07 Å². The SMILES string of the molecule is Cc1cc(CNC(=O)C(C)(C)N)n[nH]1.Cl. The number of nitrogens with one attached hydrogen (secondary N) is 2. The number of aromatic nitrogens is 2. The molecule has 4 N–H and O–H groups in total. The van der Waals surface area contributed by atoms with E-state index in [0.29, 0.717) is 6.54 Å². The van der Waals surface area contributed by atoms with E-state index in [1.54, 1.807) is 13.8 Å². The van der Waals surface area contributed by atoms with Gasteiger partial charge < -0.3 is 11.1 Å². The van der Waals surface area contributed by atoms with Gasteiger partial charge in [-0.1, -0.05) is 0 Å². The van der Waals surface area contributed by atoms with E-state index in [9.17, 15) is 4.79 Å². The molecule has 0 radical (unpaired) electrons. The van der Waals surface area contributed by atoms with Gasteiger partial charge in [-0.3, -0.25) is 9.89 Å². The second-order valence-corrected chi connectivity index (χ2v) is 3.95. The van der Waals surface area contributed by atoms with Crippen LogP contribution in [0.3, 0.4) is 0 Å². The molecule has 0 saturated heterocycles. The molecular formula is C9H17ClN4O. The molecule has 0 aliphatic carbocycles. The summed E-state index contributed by atoms with van der Waals surface area (Å²) in [6.07, 6.45) is 0. The lowest BCUT2D eigenvalue weighted by Gasteiger charge is -2.16. The quantitative estimate of drug-likeness (QED) is 0.709. The van der Waals surface area contributed by atoms with Crippen LogP contribution in [0.5, 0.6) is 0 Å². The van der Waals surface area contributed by atoms with Crippen molar-refractivity contribution in [3.05, 3.63) is 17.5 Å². The fourth-order valence-corrected chi connectivity index (χ4v) is 0.964. The molecular weight excluding hydrogens is 216 g/mol. The van der Waals surface area contributed by atoms with Crippen LogP contribution in [0.4, 0.5) is 0 Å². The molecule has 0 bridgehead atoms. The fourth-order valence-electron chi connectivity index (χ4n) is 0.964. The normalized spacial score (nSPS) is 10.7. The molecule has 1 heterocycles. The van der Waals surface area contributed by atoms with E-state index >= 15 is 0 Å². The number of hydrogen-bond donors (Lipinski definition) is 3. The summed E-state index contributed by atoms with van der Waals surface area (Å²) in [5, 5.41) is 9.49. The average molecular weight is 233 g/mol. The van der Waals surface area contributed by atoms with Crippen molar-refractivity contribution in [1.29, 1.82) is 0 Å².